The summed E-state index contributed by atoms with van der Waals surface area (Å²) in [5.74, 6) is -0.144. The van der Waals surface area contributed by atoms with Crippen molar-refractivity contribution in [1.29, 1.82) is 0 Å². The molecule has 0 saturated heterocycles. The maximum absolute atomic E-state index is 13.0. The molecule has 2 aromatic rings. The Balaban J connectivity index is 2.40. The Morgan fingerprint density at radius 3 is 2.22 bits per heavy atom. The van der Waals surface area contributed by atoms with Gasteiger partial charge in [0.25, 0.3) is 0 Å². The molecule has 0 saturated carbocycles. The average Bonchev–Trinajstić information content (AvgIpc) is 2.59. The van der Waals surface area contributed by atoms with Crippen LogP contribution in [0.3, 0.4) is 0 Å². The molecule has 146 valence electrons. The predicted octanol–water partition coefficient (Wildman–Crippen LogP) is 4.65. The molecule has 0 heterocycles. The second kappa shape index (κ2) is 8.76. The Kier molecular flexibility index (Phi) is 6.89. The fraction of sp³-hybridized carbons (Fsp3) is 0.350. The van der Waals surface area contributed by atoms with Crippen LogP contribution in [0.15, 0.2) is 48.5 Å². The number of benzene rings is 2. The minimum atomic E-state index is -3.68. The van der Waals surface area contributed by atoms with Crippen LogP contribution in [0, 0.1) is 0 Å². The summed E-state index contributed by atoms with van der Waals surface area (Å²) in [4.78, 5) is 13.0. The monoisotopic (exact) mass is 408 g/mol. The van der Waals surface area contributed by atoms with Gasteiger partial charge in [-0.3, -0.25) is 9.10 Å². The molecule has 0 radical (unpaired) electrons. The summed E-state index contributed by atoms with van der Waals surface area (Å²) in [6.07, 6.45) is 1.42. The predicted molar refractivity (Wildman–Crippen MR) is 112 cm³/mol. The van der Waals surface area contributed by atoms with Gasteiger partial charge in [-0.25, -0.2) is 8.42 Å². The first kappa shape index (κ1) is 21.3. The van der Waals surface area contributed by atoms with Crippen molar-refractivity contribution in [3.05, 3.63) is 59.1 Å². The van der Waals surface area contributed by atoms with Gasteiger partial charge in [0.2, 0.25) is 15.9 Å². The van der Waals surface area contributed by atoms with E-state index in [-0.39, 0.29) is 11.8 Å². The summed E-state index contributed by atoms with van der Waals surface area (Å²) in [6.45, 7) is 5.87. The highest BCUT2D eigenvalue weighted by molar-refractivity contribution is 7.92. The molecule has 0 aliphatic heterocycles. The van der Waals surface area contributed by atoms with Crippen molar-refractivity contribution < 1.29 is 13.2 Å². The molecule has 0 aliphatic carbocycles. The first-order valence-corrected chi connectivity index (χ1v) is 11.0. The van der Waals surface area contributed by atoms with E-state index >= 15 is 0 Å². The number of hydrogen-bond donors (Lipinski definition) is 1. The molecule has 0 bridgehead atoms. The van der Waals surface area contributed by atoms with Crippen LogP contribution in [0.2, 0.25) is 5.02 Å². The largest absolute Gasteiger partial charge is 0.324 e. The molecule has 0 fully saturated rings. The second-order valence-corrected chi connectivity index (χ2v) is 8.99. The van der Waals surface area contributed by atoms with Gasteiger partial charge in [0.15, 0.2) is 0 Å². The van der Waals surface area contributed by atoms with Gasteiger partial charge in [0.05, 0.1) is 11.9 Å². The summed E-state index contributed by atoms with van der Waals surface area (Å²) < 4.78 is 26.1. The van der Waals surface area contributed by atoms with Crippen molar-refractivity contribution in [1.82, 2.24) is 0 Å². The number of sulfonamides is 1. The van der Waals surface area contributed by atoms with Gasteiger partial charge < -0.3 is 5.32 Å². The first-order chi connectivity index (χ1) is 12.6. The van der Waals surface area contributed by atoms with Crippen LogP contribution < -0.4 is 9.62 Å². The zero-order valence-electron chi connectivity index (χ0n) is 15.9. The van der Waals surface area contributed by atoms with Crippen LogP contribution in [0.4, 0.5) is 11.4 Å². The molecule has 2 aromatic carbocycles. The van der Waals surface area contributed by atoms with Crippen LogP contribution in [0.25, 0.3) is 0 Å². The fourth-order valence-corrected chi connectivity index (χ4v) is 4.32. The van der Waals surface area contributed by atoms with Gasteiger partial charge in [-0.2, -0.15) is 0 Å². The minimum absolute atomic E-state index is 0.226. The smallest absolute Gasteiger partial charge is 0.248 e. The Labute approximate surface area is 166 Å². The Morgan fingerprint density at radius 1 is 1.11 bits per heavy atom. The number of carbonyl (C=O) groups is 1. The van der Waals surface area contributed by atoms with E-state index in [0.29, 0.717) is 22.8 Å². The first-order valence-electron chi connectivity index (χ1n) is 8.80. The van der Waals surface area contributed by atoms with Crippen molar-refractivity contribution >= 4 is 38.9 Å². The lowest BCUT2D eigenvalue weighted by molar-refractivity contribution is -0.117. The lowest BCUT2D eigenvalue weighted by atomic mass is 10.0. The number of rotatable bonds is 7. The fourth-order valence-electron chi connectivity index (χ4n) is 2.98. The van der Waals surface area contributed by atoms with E-state index in [0.717, 1.165) is 16.1 Å². The number of hydrogen-bond acceptors (Lipinski definition) is 3. The number of halogens is 1. The molecule has 0 aliphatic rings. The summed E-state index contributed by atoms with van der Waals surface area (Å²) in [5.41, 5.74) is 2.10. The van der Waals surface area contributed by atoms with Gasteiger partial charge in [-0.05, 0) is 48.2 Å². The van der Waals surface area contributed by atoms with Crippen molar-refractivity contribution in [2.75, 3.05) is 15.9 Å². The standard InChI is InChI=1S/C20H25ClN2O3S/c1-5-19(20(24)22-18-9-7-6-8-17(18)14(2)3)23(27(4,25)26)16-12-10-15(21)11-13-16/h6-14,19H,5H2,1-4H3,(H,22,24). The van der Waals surface area contributed by atoms with Crippen LogP contribution in [-0.4, -0.2) is 26.6 Å². The molecular weight excluding hydrogens is 384 g/mol. The Hall–Kier alpha value is -2.05. The van der Waals surface area contributed by atoms with E-state index in [4.69, 9.17) is 11.6 Å². The summed E-state index contributed by atoms with van der Waals surface area (Å²) in [5, 5.41) is 3.40. The highest BCUT2D eigenvalue weighted by Gasteiger charge is 2.31. The Bertz CT molecular complexity index is 896. The molecule has 27 heavy (non-hydrogen) atoms. The van der Waals surface area contributed by atoms with E-state index < -0.39 is 16.1 Å². The number of anilines is 2. The number of carbonyl (C=O) groups excluding carboxylic acids is 1. The topological polar surface area (TPSA) is 66.5 Å². The second-order valence-electron chi connectivity index (χ2n) is 6.69. The van der Waals surface area contributed by atoms with Gasteiger partial charge in [0, 0.05) is 10.7 Å². The molecule has 1 N–H and O–H groups in total. The Morgan fingerprint density at radius 2 is 1.70 bits per heavy atom. The van der Waals surface area contributed by atoms with Crippen LogP contribution in [0.5, 0.6) is 0 Å². The van der Waals surface area contributed by atoms with E-state index in [2.05, 4.69) is 5.32 Å². The normalized spacial score (nSPS) is 12.7. The SMILES string of the molecule is CCC(C(=O)Nc1ccccc1C(C)C)N(c1ccc(Cl)cc1)S(C)(=O)=O. The highest BCUT2D eigenvalue weighted by atomic mass is 35.5. The molecule has 1 unspecified atom stereocenters. The van der Waals surface area contributed by atoms with Crippen LogP contribution in [0.1, 0.15) is 38.7 Å². The molecule has 7 heteroatoms. The van der Waals surface area contributed by atoms with Gasteiger partial charge in [0.1, 0.15) is 6.04 Å². The molecule has 5 nitrogen and oxygen atoms in total. The summed E-state index contributed by atoms with van der Waals surface area (Å²) in [7, 11) is -3.68. The van der Waals surface area contributed by atoms with Crippen molar-refractivity contribution in [2.45, 2.75) is 39.2 Å². The number of nitrogens with zero attached hydrogens (tertiary/aromatic N) is 1. The third kappa shape index (κ3) is 5.23. The zero-order chi connectivity index (χ0) is 20.2. The molecule has 1 amide bonds. The van der Waals surface area contributed by atoms with Gasteiger partial charge in [-0.1, -0.05) is 50.6 Å². The van der Waals surface area contributed by atoms with Crippen LogP contribution >= 0.6 is 11.6 Å². The molecule has 0 aromatic heterocycles. The van der Waals surface area contributed by atoms with Crippen molar-refractivity contribution in [2.24, 2.45) is 0 Å². The lowest BCUT2D eigenvalue weighted by Gasteiger charge is -2.30. The number of para-hydroxylation sites is 1. The van der Waals surface area contributed by atoms with Gasteiger partial charge >= 0.3 is 0 Å². The molecular formula is C20H25ClN2O3S. The quantitative estimate of drug-likeness (QED) is 0.725. The summed E-state index contributed by atoms with van der Waals surface area (Å²) in [6, 6.07) is 13.1. The molecule has 0 spiro atoms. The van der Waals surface area contributed by atoms with Crippen molar-refractivity contribution in [3.8, 4) is 0 Å². The van der Waals surface area contributed by atoms with Crippen LogP contribution in [-0.2, 0) is 14.8 Å². The average molecular weight is 409 g/mol. The van der Waals surface area contributed by atoms with E-state index in [1.54, 1.807) is 31.2 Å². The maximum Gasteiger partial charge on any atom is 0.248 e. The third-order valence-corrected chi connectivity index (χ3v) is 5.68. The zero-order valence-corrected chi connectivity index (χ0v) is 17.5. The third-order valence-electron chi connectivity index (χ3n) is 4.25. The van der Waals surface area contributed by atoms with E-state index in [9.17, 15) is 13.2 Å². The molecule has 1 atom stereocenters. The molecule has 2 rings (SSSR count). The van der Waals surface area contributed by atoms with E-state index in [1.165, 1.54) is 0 Å². The highest BCUT2D eigenvalue weighted by Crippen LogP contribution is 2.27. The minimum Gasteiger partial charge on any atom is -0.324 e. The van der Waals surface area contributed by atoms with Crippen molar-refractivity contribution in [3.63, 3.8) is 0 Å². The summed E-state index contributed by atoms with van der Waals surface area (Å²) >= 11 is 5.91. The van der Waals surface area contributed by atoms with Gasteiger partial charge in [-0.15, -0.1) is 0 Å². The maximum atomic E-state index is 13.0. The van der Waals surface area contributed by atoms with E-state index in [1.807, 2.05) is 38.1 Å². The lowest BCUT2D eigenvalue weighted by Crippen LogP contribution is -2.47. The number of amides is 1. The number of nitrogens with one attached hydrogen (secondary N) is 1.